The molecule has 3 heterocycles. The van der Waals surface area contributed by atoms with Crippen molar-refractivity contribution in [3.63, 3.8) is 0 Å². The topological polar surface area (TPSA) is 109 Å². The maximum absolute atomic E-state index is 13.5. The van der Waals surface area contributed by atoms with Crippen molar-refractivity contribution in [2.24, 2.45) is 27.0 Å². The van der Waals surface area contributed by atoms with Gasteiger partial charge in [-0.05, 0) is 78.8 Å². The maximum Gasteiger partial charge on any atom is 0.335 e. The lowest BCUT2D eigenvalue weighted by atomic mass is 9.70. The van der Waals surface area contributed by atoms with E-state index in [4.69, 9.17) is 19.0 Å². The Morgan fingerprint density at radius 3 is 2.59 bits per heavy atom. The van der Waals surface area contributed by atoms with Crippen LogP contribution in [0.4, 0.5) is 0 Å². The largest absolute Gasteiger partial charge is 0.478 e. The molecular weight excluding hydrogens is 514 g/mol. The molecule has 2 saturated carbocycles. The van der Waals surface area contributed by atoms with Gasteiger partial charge < -0.3 is 13.9 Å². The fraction of sp³-hybridized carbons (Fsp3) is 0.333. The molecule has 1 aromatic carbocycles. The van der Waals surface area contributed by atoms with Gasteiger partial charge in [0.2, 0.25) is 0 Å². The predicted molar refractivity (Wildman–Crippen MR) is 150 cm³/mol. The van der Waals surface area contributed by atoms with Gasteiger partial charge in [0.05, 0.1) is 23.3 Å². The van der Waals surface area contributed by atoms with Crippen LogP contribution in [0, 0.1) is 16.7 Å². The van der Waals surface area contributed by atoms with Gasteiger partial charge in [-0.25, -0.2) is 4.79 Å². The van der Waals surface area contributed by atoms with Crippen LogP contribution in [0.25, 0.3) is 17.4 Å². The summed E-state index contributed by atoms with van der Waals surface area (Å²) >= 11 is 1.27. The van der Waals surface area contributed by atoms with Crippen molar-refractivity contribution in [3.05, 3.63) is 76.8 Å². The number of amidine groups is 1. The molecule has 3 aliphatic rings. The summed E-state index contributed by atoms with van der Waals surface area (Å²) in [5, 5.41) is 19.0. The molecule has 9 heteroatoms. The Morgan fingerprint density at radius 2 is 1.95 bits per heavy atom. The highest BCUT2D eigenvalue weighted by Gasteiger charge is 2.60. The van der Waals surface area contributed by atoms with Crippen LogP contribution in [-0.2, 0) is 11.3 Å². The molecule has 0 radical (unpaired) electrons. The smallest absolute Gasteiger partial charge is 0.335 e. The number of benzene rings is 1. The molecule has 1 amide bonds. The zero-order valence-electron chi connectivity index (χ0n) is 22.0. The number of fused-ring (bicyclic) bond motifs is 2. The molecule has 6 rings (SSSR count). The average Bonchev–Trinajstić information content (AvgIpc) is 3.72. The van der Waals surface area contributed by atoms with Crippen molar-refractivity contribution in [1.82, 2.24) is 4.90 Å². The summed E-state index contributed by atoms with van der Waals surface area (Å²) < 4.78 is 11.5. The Hall–Kier alpha value is -3.85. The highest BCUT2D eigenvalue weighted by molar-refractivity contribution is 8.18. The molecule has 1 saturated heterocycles. The number of carboxylic acid groups (broad SMARTS) is 1. The van der Waals surface area contributed by atoms with Crippen molar-refractivity contribution in [2.45, 2.75) is 46.6 Å². The van der Waals surface area contributed by atoms with Crippen LogP contribution in [0.15, 0.2) is 78.7 Å². The molecule has 200 valence electrons. The summed E-state index contributed by atoms with van der Waals surface area (Å²) in [4.78, 5) is 26.7. The van der Waals surface area contributed by atoms with Gasteiger partial charge in [0.25, 0.3) is 5.91 Å². The van der Waals surface area contributed by atoms with Gasteiger partial charge in [0.1, 0.15) is 17.3 Å². The molecule has 2 aliphatic carbocycles. The molecule has 0 spiro atoms. The normalized spacial score (nSPS) is 26.9. The van der Waals surface area contributed by atoms with Crippen LogP contribution in [0.2, 0.25) is 0 Å². The number of rotatable bonds is 6. The minimum absolute atomic E-state index is 0.0206. The number of amides is 1. The van der Waals surface area contributed by atoms with Crippen LogP contribution in [0.1, 0.15) is 61.9 Å². The van der Waals surface area contributed by atoms with Gasteiger partial charge in [0.15, 0.2) is 5.17 Å². The quantitative estimate of drug-likeness (QED) is 0.267. The summed E-state index contributed by atoms with van der Waals surface area (Å²) in [5.41, 5.74) is 2.27. The molecule has 3 fully saturated rings. The standard InChI is InChI=1S/C30H29N3O5S/c1-29(2)20-12-13-30(29,3)25(15-20)31-32-28-33(17-22-5-4-14-37-22)26(34)24(39-28)16-21-10-11-23(38-21)18-6-8-19(9-7-18)27(35)36/h4-11,14,16,20H,12-13,15,17H2,1-3H3,(H,35,36). The minimum atomic E-state index is -0.983. The van der Waals surface area contributed by atoms with Gasteiger partial charge in [-0.3, -0.25) is 9.69 Å². The van der Waals surface area contributed by atoms with Crippen LogP contribution in [-0.4, -0.2) is 32.8 Å². The average molecular weight is 544 g/mol. The number of thioether (sulfide) groups is 1. The van der Waals surface area contributed by atoms with E-state index < -0.39 is 5.97 Å². The monoisotopic (exact) mass is 543 g/mol. The first-order valence-electron chi connectivity index (χ1n) is 13.0. The van der Waals surface area contributed by atoms with E-state index in [9.17, 15) is 9.59 Å². The molecule has 39 heavy (non-hydrogen) atoms. The van der Waals surface area contributed by atoms with E-state index in [0.717, 1.165) is 24.1 Å². The molecular formula is C30H29N3O5S. The highest BCUT2D eigenvalue weighted by atomic mass is 32.2. The molecule has 3 aromatic rings. The SMILES string of the molecule is CC12CCC(CC1=NN=C1SC(=Cc3ccc(-c4ccc(C(=O)O)cc4)o3)C(=O)N1Cc1ccco1)C2(C)C. The zero-order valence-corrected chi connectivity index (χ0v) is 22.8. The Bertz CT molecular complexity index is 1530. The number of nitrogens with zero attached hydrogens (tertiary/aromatic N) is 3. The summed E-state index contributed by atoms with van der Waals surface area (Å²) in [6, 6.07) is 13.7. The lowest BCUT2D eigenvalue weighted by molar-refractivity contribution is -0.122. The van der Waals surface area contributed by atoms with E-state index in [1.807, 2.05) is 6.07 Å². The van der Waals surface area contributed by atoms with Crippen LogP contribution >= 0.6 is 11.8 Å². The molecule has 1 N–H and O–H groups in total. The number of carbonyl (C=O) groups is 2. The third-order valence-electron chi connectivity index (χ3n) is 8.87. The second-order valence-corrected chi connectivity index (χ2v) is 12.1. The lowest BCUT2D eigenvalue weighted by Crippen LogP contribution is -2.32. The highest BCUT2D eigenvalue weighted by Crippen LogP contribution is 2.64. The first-order valence-corrected chi connectivity index (χ1v) is 13.8. The second kappa shape index (κ2) is 9.41. The van der Waals surface area contributed by atoms with Crippen LogP contribution < -0.4 is 0 Å². The second-order valence-electron chi connectivity index (χ2n) is 11.1. The Labute approximate surface area is 230 Å². The molecule has 2 atom stereocenters. The summed E-state index contributed by atoms with van der Waals surface area (Å²) in [6.07, 6.45) is 6.57. The molecule has 2 aromatic heterocycles. The van der Waals surface area contributed by atoms with Crippen molar-refractivity contribution < 1.29 is 23.5 Å². The predicted octanol–water partition coefficient (Wildman–Crippen LogP) is 6.91. The van der Waals surface area contributed by atoms with E-state index in [2.05, 4.69) is 25.9 Å². The van der Waals surface area contributed by atoms with Gasteiger partial charge in [-0.1, -0.05) is 32.9 Å². The summed E-state index contributed by atoms with van der Waals surface area (Å²) in [6.45, 7) is 7.21. The number of hydrogen-bond donors (Lipinski definition) is 1. The van der Waals surface area contributed by atoms with Crippen LogP contribution in [0.3, 0.4) is 0 Å². The van der Waals surface area contributed by atoms with Gasteiger partial charge in [-0.15, -0.1) is 5.10 Å². The third kappa shape index (κ3) is 4.34. The number of aromatic carboxylic acids is 1. The Morgan fingerprint density at radius 1 is 1.15 bits per heavy atom. The fourth-order valence-electron chi connectivity index (χ4n) is 5.96. The third-order valence-corrected chi connectivity index (χ3v) is 9.86. The maximum atomic E-state index is 13.5. The molecule has 2 unspecified atom stereocenters. The van der Waals surface area contributed by atoms with Crippen molar-refractivity contribution in [3.8, 4) is 11.3 Å². The number of hydrogen-bond acceptors (Lipinski definition) is 7. The summed E-state index contributed by atoms with van der Waals surface area (Å²) in [7, 11) is 0. The lowest BCUT2D eigenvalue weighted by Gasteiger charge is -2.34. The van der Waals surface area contributed by atoms with Gasteiger partial charge >= 0.3 is 5.97 Å². The van der Waals surface area contributed by atoms with E-state index in [0.29, 0.717) is 33.3 Å². The first kappa shape index (κ1) is 25.4. The summed E-state index contributed by atoms with van der Waals surface area (Å²) in [5.74, 6) is 1.18. The van der Waals surface area contributed by atoms with Crippen molar-refractivity contribution >= 4 is 40.6 Å². The van der Waals surface area contributed by atoms with E-state index in [-0.39, 0.29) is 28.8 Å². The molecule has 1 aliphatic heterocycles. The fourth-order valence-corrected chi connectivity index (χ4v) is 6.86. The van der Waals surface area contributed by atoms with Crippen molar-refractivity contribution in [1.29, 1.82) is 0 Å². The number of furan rings is 2. The van der Waals surface area contributed by atoms with E-state index in [1.54, 1.807) is 47.6 Å². The number of carbonyl (C=O) groups excluding carboxylic acids is 1. The van der Waals surface area contributed by atoms with E-state index in [1.165, 1.54) is 30.3 Å². The van der Waals surface area contributed by atoms with E-state index >= 15 is 0 Å². The van der Waals surface area contributed by atoms with Crippen LogP contribution in [0.5, 0.6) is 0 Å². The minimum Gasteiger partial charge on any atom is -0.478 e. The molecule has 2 bridgehead atoms. The zero-order chi connectivity index (χ0) is 27.4. The number of carboxylic acids is 1. The van der Waals surface area contributed by atoms with Crippen molar-refractivity contribution in [2.75, 3.05) is 0 Å². The Kier molecular flexibility index (Phi) is 6.14. The van der Waals surface area contributed by atoms with Gasteiger partial charge in [0, 0.05) is 22.8 Å². The van der Waals surface area contributed by atoms with Gasteiger partial charge in [-0.2, -0.15) is 5.10 Å². The Balaban J connectivity index is 1.28. The first-order chi connectivity index (χ1) is 18.7. The molecule has 8 nitrogen and oxygen atoms in total.